The van der Waals surface area contributed by atoms with Crippen LogP contribution < -0.4 is 5.73 Å². The fourth-order valence-electron chi connectivity index (χ4n) is 1.69. The zero-order valence-electron chi connectivity index (χ0n) is 10.8. The van der Waals surface area contributed by atoms with Crippen LogP contribution in [0.2, 0.25) is 0 Å². The summed E-state index contributed by atoms with van der Waals surface area (Å²) in [7, 11) is 3.46. The molecule has 0 bridgehead atoms. The summed E-state index contributed by atoms with van der Waals surface area (Å²) in [4.78, 5) is 8.28. The Labute approximate surface area is 102 Å². The lowest BCUT2D eigenvalue weighted by Crippen LogP contribution is -2.08. The van der Waals surface area contributed by atoms with Crippen LogP contribution in [-0.4, -0.2) is 30.6 Å². The highest BCUT2D eigenvalue weighted by atomic mass is 16.3. The van der Waals surface area contributed by atoms with E-state index in [0.717, 1.165) is 28.1 Å². The van der Waals surface area contributed by atoms with Gasteiger partial charge in [0, 0.05) is 42.3 Å². The maximum atomic E-state index is 9.33. The van der Waals surface area contributed by atoms with Gasteiger partial charge in [0.25, 0.3) is 0 Å². The fraction of sp³-hybridized carbons (Fsp3) is 0.385. The summed E-state index contributed by atoms with van der Waals surface area (Å²) in [5, 5.41) is 9.33. The number of hydrogen-bond donors (Lipinski definition) is 2. The summed E-state index contributed by atoms with van der Waals surface area (Å²) >= 11 is 0. The Morgan fingerprint density at radius 1 is 1.12 bits per heavy atom. The minimum atomic E-state index is -0.0466. The van der Waals surface area contributed by atoms with Gasteiger partial charge in [-0.05, 0) is 31.5 Å². The van der Waals surface area contributed by atoms with Gasteiger partial charge >= 0.3 is 0 Å². The van der Waals surface area contributed by atoms with Crippen LogP contribution in [-0.2, 0) is 6.61 Å². The summed E-state index contributed by atoms with van der Waals surface area (Å²) in [5.74, 6) is 0. The number of hydrogen-bond acceptors (Lipinski definition) is 4. The number of aliphatic hydroxyl groups excluding tert-OH is 1. The number of aliphatic imine (C=N–C) groups is 2. The van der Waals surface area contributed by atoms with E-state index in [0.29, 0.717) is 5.69 Å². The van der Waals surface area contributed by atoms with Crippen molar-refractivity contribution in [2.45, 2.75) is 20.5 Å². The van der Waals surface area contributed by atoms with Crippen LogP contribution in [0.1, 0.15) is 30.5 Å². The van der Waals surface area contributed by atoms with Gasteiger partial charge in [0.05, 0.1) is 6.61 Å². The minimum absolute atomic E-state index is 0.0466. The first-order valence-electron chi connectivity index (χ1n) is 5.45. The third-order valence-electron chi connectivity index (χ3n) is 2.90. The Morgan fingerprint density at radius 3 is 2.12 bits per heavy atom. The highest BCUT2D eigenvalue weighted by Crippen LogP contribution is 2.21. The highest BCUT2D eigenvalue weighted by molar-refractivity contribution is 6.07. The molecule has 17 heavy (non-hydrogen) atoms. The third kappa shape index (κ3) is 2.71. The van der Waals surface area contributed by atoms with Crippen molar-refractivity contribution in [3.63, 3.8) is 0 Å². The lowest BCUT2D eigenvalue weighted by molar-refractivity contribution is 0.281. The normalized spacial score (nSPS) is 13.0. The average Bonchev–Trinajstić information content (AvgIpc) is 2.36. The number of rotatable bonds is 3. The van der Waals surface area contributed by atoms with Crippen molar-refractivity contribution >= 4 is 17.1 Å². The molecule has 0 aromatic heterocycles. The zero-order chi connectivity index (χ0) is 13.0. The summed E-state index contributed by atoms with van der Waals surface area (Å²) in [5.41, 5.74) is 10.9. The molecule has 92 valence electrons. The zero-order valence-corrected chi connectivity index (χ0v) is 10.8. The molecule has 0 aliphatic carbocycles. The molecule has 0 heterocycles. The molecular weight excluding hydrogens is 214 g/mol. The monoisotopic (exact) mass is 233 g/mol. The minimum Gasteiger partial charge on any atom is -0.398 e. The van der Waals surface area contributed by atoms with Gasteiger partial charge in [0.2, 0.25) is 0 Å². The molecule has 0 saturated heterocycles. The number of benzene rings is 1. The first-order chi connectivity index (χ1) is 8.04. The van der Waals surface area contributed by atoms with Crippen LogP contribution in [0.4, 0.5) is 5.69 Å². The van der Waals surface area contributed by atoms with Crippen LogP contribution in [0, 0.1) is 0 Å². The molecule has 0 aliphatic heterocycles. The Kier molecular flexibility index (Phi) is 4.40. The van der Waals surface area contributed by atoms with Crippen molar-refractivity contribution in [2.24, 2.45) is 9.98 Å². The molecule has 1 aromatic rings. The summed E-state index contributed by atoms with van der Waals surface area (Å²) in [6, 6.07) is 3.72. The number of aliphatic hydroxyl groups is 1. The molecule has 0 spiro atoms. The topological polar surface area (TPSA) is 71.0 Å². The Bertz CT molecular complexity index is 476. The first-order valence-corrected chi connectivity index (χ1v) is 5.45. The molecule has 0 saturated carbocycles. The van der Waals surface area contributed by atoms with E-state index in [2.05, 4.69) is 9.98 Å². The molecular formula is C13H19N3O. The van der Waals surface area contributed by atoms with Crippen molar-refractivity contribution in [3.8, 4) is 0 Å². The second kappa shape index (κ2) is 5.59. The van der Waals surface area contributed by atoms with Gasteiger partial charge in [0.15, 0.2) is 0 Å². The van der Waals surface area contributed by atoms with Crippen molar-refractivity contribution < 1.29 is 5.11 Å². The van der Waals surface area contributed by atoms with Gasteiger partial charge in [-0.25, -0.2) is 0 Å². The van der Waals surface area contributed by atoms with Crippen LogP contribution >= 0.6 is 0 Å². The van der Waals surface area contributed by atoms with Gasteiger partial charge in [-0.3, -0.25) is 9.98 Å². The molecule has 0 unspecified atom stereocenters. The molecule has 0 fully saturated rings. The van der Waals surface area contributed by atoms with Gasteiger partial charge in [0.1, 0.15) is 0 Å². The molecule has 0 amide bonds. The van der Waals surface area contributed by atoms with Gasteiger partial charge < -0.3 is 10.8 Å². The molecule has 0 radical (unpaired) electrons. The largest absolute Gasteiger partial charge is 0.398 e. The lowest BCUT2D eigenvalue weighted by Gasteiger charge is -2.12. The van der Waals surface area contributed by atoms with Crippen molar-refractivity contribution in [1.82, 2.24) is 0 Å². The molecule has 4 heteroatoms. The van der Waals surface area contributed by atoms with E-state index >= 15 is 0 Å². The molecule has 3 N–H and O–H groups in total. The Balaban J connectivity index is 3.48. The van der Waals surface area contributed by atoms with E-state index in [4.69, 9.17) is 5.73 Å². The Morgan fingerprint density at radius 2 is 1.65 bits per heavy atom. The van der Waals surface area contributed by atoms with Crippen molar-refractivity contribution in [3.05, 3.63) is 28.8 Å². The van der Waals surface area contributed by atoms with Gasteiger partial charge in [-0.2, -0.15) is 0 Å². The van der Waals surface area contributed by atoms with Gasteiger partial charge in [-0.1, -0.05) is 0 Å². The second-order valence-corrected chi connectivity index (χ2v) is 3.87. The predicted molar refractivity (Wildman–Crippen MR) is 73.0 cm³/mol. The third-order valence-corrected chi connectivity index (χ3v) is 2.90. The summed E-state index contributed by atoms with van der Waals surface area (Å²) < 4.78 is 0. The fourth-order valence-corrected chi connectivity index (χ4v) is 1.69. The summed E-state index contributed by atoms with van der Waals surface area (Å²) in [6.07, 6.45) is 0. The van der Waals surface area contributed by atoms with Gasteiger partial charge in [-0.15, -0.1) is 0 Å². The Hall–Kier alpha value is -1.68. The average molecular weight is 233 g/mol. The van der Waals surface area contributed by atoms with E-state index < -0.39 is 0 Å². The van der Waals surface area contributed by atoms with Crippen LogP contribution in [0.5, 0.6) is 0 Å². The van der Waals surface area contributed by atoms with Crippen LogP contribution in [0.3, 0.4) is 0 Å². The van der Waals surface area contributed by atoms with Crippen molar-refractivity contribution in [1.29, 1.82) is 0 Å². The van der Waals surface area contributed by atoms with E-state index in [1.165, 1.54) is 0 Å². The molecule has 1 aromatic carbocycles. The number of nitrogens with zero attached hydrogens (tertiary/aromatic N) is 2. The highest BCUT2D eigenvalue weighted by Gasteiger charge is 2.11. The van der Waals surface area contributed by atoms with Crippen molar-refractivity contribution in [2.75, 3.05) is 19.8 Å². The summed E-state index contributed by atoms with van der Waals surface area (Å²) in [6.45, 7) is 3.77. The standard InChI is InChI=1S/C13H19N3O/c1-8(15-3)11-6-12(9(2)16-4)13(14)5-10(11)7-17/h5-6,17H,7,14H2,1-4H3/b15-8+,16-9+. The van der Waals surface area contributed by atoms with E-state index in [-0.39, 0.29) is 6.61 Å². The first kappa shape index (κ1) is 13.4. The molecule has 0 atom stereocenters. The SMILES string of the molecule is C/N=C(\C)c1cc(/C(C)=N/C)c(CO)cc1N. The number of nitrogens with two attached hydrogens (primary N) is 1. The predicted octanol–water partition coefficient (Wildman–Crippen LogP) is 1.64. The van der Waals surface area contributed by atoms with E-state index in [9.17, 15) is 5.11 Å². The molecule has 1 rings (SSSR count). The molecule has 0 aliphatic rings. The lowest BCUT2D eigenvalue weighted by atomic mass is 9.97. The maximum absolute atomic E-state index is 9.33. The van der Waals surface area contributed by atoms with E-state index in [1.807, 2.05) is 19.9 Å². The van der Waals surface area contributed by atoms with Crippen LogP contribution in [0.15, 0.2) is 22.1 Å². The second-order valence-electron chi connectivity index (χ2n) is 3.87. The van der Waals surface area contributed by atoms with E-state index in [1.54, 1.807) is 20.2 Å². The van der Waals surface area contributed by atoms with Crippen LogP contribution in [0.25, 0.3) is 0 Å². The maximum Gasteiger partial charge on any atom is 0.0689 e. The smallest absolute Gasteiger partial charge is 0.0689 e. The number of nitrogen functional groups attached to an aromatic ring is 1. The quantitative estimate of drug-likeness (QED) is 0.615. The molecule has 4 nitrogen and oxygen atoms in total. The number of anilines is 1.